The molecule has 0 atom stereocenters. The van der Waals surface area contributed by atoms with Crippen LogP contribution in [0.3, 0.4) is 0 Å². The third-order valence-corrected chi connectivity index (χ3v) is 4.89. The summed E-state index contributed by atoms with van der Waals surface area (Å²) in [4.78, 5) is 16.2. The summed E-state index contributed by atoms with van der Waals surface area (Å²) in [6.07, 6.45) is 0. The molecule has 3 aromatic carbocycles. The van der Waals surface area contributed by atoms with E-state index in [0.717, 1.165) is 31.0 Å². The van der Waals surface area contributed by atoms with Gasteiger partial charge in [-0.2, -0.15) is 0 Å². The van der Waals surface area contributed by atoms with Crippen molar-refractivity contribution < 1.29 is 4.79 Å². The summed E-state index contributed by atoms with van der Waals surface area (Å²) in [6, 6.07) is 21.2. The summed E-state index contributed by atoms with van der Waals surface area (Å²) in [5, 5.41) is 5.39. The minimum atomic E-state index is -0.0482. The number of hydrogen-bond donors (Lipinski definition) is 1. The van der Waals surface area contributed by atoms with E-state index in [4.69, 9.17) is 0 Å². The Morgan fingerprint density at radius 3 is 2.58 bits per heavy atom. The second-order valence-corrected chi connectivity index (χ2v) is 6.95. The van der Waals surface area contributed by atoms with E-state index in [1.165, 1.54) is 22.0 Å². The Morgan fingerprint density at radius 1 is 0.962 bits per heavy atom. The van der Waals surface area contributed by atoms with Crippen LogP contribution in [0.5, 0.6) is 0 Å². The van der Waals surface area contributed by atoms with Crippen LogP contribution in [0.4, 0.5) is 17.1 Å². The molecule has 0 aliphatic carbocycles. The number of anilines is 3. The number of carbonyl (C=O) groups excluding carboxylic acids is 1. The number of benzene rings is 3. The molecule has 4 nitrogen and oxygen atoms in total. The van der Waals surface area contributed by atoms with Crippen LogP contribution < -0.4 is 10.2 Å². The normalized spacial score (nSPS) is 14.8. The predicted octanol–water partition coefficient (Wildman–Crippen LogP) is 4.38. The van der Waals surface area contributed by atoms with Gasteiger partial charge in [0, 0.05) is 43.6 Å². The maximum atomic E-state index is 11.5. The summed E-state index contributed by atoms with van der Waals surface area (Å²) in [7, 11) is 2.15. The minimum Gasteiger partial charge on any atom is -0.340 e. The van der Waals surface area contributed by atoms with E-state index in [9.17, 15) is 4.79 Å². The molecule has 1 aliphatic heterocycles. The van der Waals surface area contributed by atoms with Gasteiger partial charge in [-0.1, -0.05) is 36.4 Å². The highest BCUT2D eigenvalue weighted by atomic mass is 16.1. The lowest BCUT2D eigenvalue weighted by molar-refractivity contribution is -0.114. The number of fused-ring (bicyclic) bond motifs is 2. The van der Waals surface area contributed by atoms with Gasteiger partial charge in [-0.15, -0.1) is 0 Å². The molecule has 0 saturated heterocycles. The van der Waals surface area contributed by atoms with Gasteiger partial charge in [-0.05, 0) is 47.6 Å². The molecule has 1 heterocycles. The van der Waals surface area contributed by atoms with Crippen molar-refractivity contribution in [1.82, 2.24) is 4.90 Å². The molecule has 0 aromatic heterocycles. The van der Waals surface area contributed by atoms with E-state index in [0.29, 0.717) is 0 Å². The van der Waals surface area contributed by atoms with Gasteiger partial charge in [0.15, 0.2) is 0 Å². The summed E-state index contributed by atoms with van der Waals surface area (Å²) in [5.74, 6) is -0.0482. The zero-order chi connectivity index (χ0) is 18.1. The van der Waals surface area contributed by atoms with E-state index >= 15 is 0 Å². The molecule has 132 valence electrons. The first-order chi connectivity index (χ1) is 12.6. The smallest absolute Gasteiger partial charge is 0.221 e. The van der Waals surface area contributed by atoms with Crippen molar-refractivity contribution >= 4 is 33.7 Å². The fraction of sp³-hybridized carbons (Fsp3) is 0.227. The lowest BCUT2D eigenvalue weighted by atomic mass is 10.1. The second kappa shape index (κ2) is 6.81. The van der Waals surface area contributed by atoms with E-state index in [1.54, 1.807) is 6.92 Å². The Labute approximate surface area is 154 Å². The lowest BCUT2D eigenvalue weighted by Crippen LogP contribution is -2.26. The van der Waals surface area contributed by atoms with Gasteiger partial charge >= 0.3 is 0 Å². The van der Waals surface area contributed by atoms with Gasteiger partial charge in [0.1, 0.15) is 0 Å². The molecule has 0 radical (unpaired) electrons. The third-order valence-electron chi connectivity index (χ3n) is 4.89. The molecule has 3 aromatic rings. The summed E-state index contributed by atoms with van der Waals surface area (Å²) >= 11 is 0. The monoisotopic (exact) mass is 345 g/mol. The number of hydrogen-bond acceptors (Lipinski definition) is 3. The first-order valence-electron chi connectivity index (χ1n) is 8.95. The number of likely N-dealkylation sites (N-methyl/N-ethyl adjacent to an activating group) is 1. The summed E-state index contributed by atoms with van der Waals surface area (Å²) in [5.41, 5.74) is 4.45. The maximum absolute atomic E-state index is 11.5. The molecule has 0 spiro atoms. The van der Waals surface area contributed by atoms with Gasteiger partial charge < -0.3 is 15.1 Å². The molecule has 1 N–H and O–H groups in total. The number of rotatable bonds is 2. The van der Waals surface area contributed by atoms with Gasteiger partial charge in [0.05, 0.1) is 0 Å². The highest BCUT2D eigenvalue weighted by Gasteiger charge is 2.20. The molecular formula is C22H23N3O. The third kappa shape index (κ3) is 3.28. The average molecular weight is 345 g/mol. The SMILES string of the molecule is CC(=O)Nc1ccc2c(c1)N(c1ccc3ccccc3c1)CCN(C)C2. The largest absolute Gasteiger partial charge is 0.340 e. The molecule has 0 unspecified atom stereocenters. The van der Waals surface area contributed by atoms with Crippen molar-refractivity contribution in [3.05, 3.63) is 66.2 Å². The van der Waals surface area contributed by atoms with E-state index in [1.807, 2.05) is 6.07 Å². The molecular weight excluding hydrogens is 322 g/mol. The number of nitrogens with zero attached hydrogens (tertiary/aromatic N) is 2. The van der Waals surface area contributed by atoms with Crippen molar-refractivity contribution in [2.45, 2.75) is 13.5 Å². The van der Waals surface area contributed by atoms with Crippen LogP contribution in [0.1, 0.15) is 12.5 Å². The highest BCUT2D eigenvalue weighted by molar-refractivity contribution is 5.90. The lowest BCUT2D eigenvalue weighted by Gasteiger charge is -2.26. The Morgan fingerprint density at radius 2 is 1.77 bits per heavy atom. The fourth-order valence-electron chi connectivity index (χ4n) is 3.60. The quantitative estimate of drug-likeness (QED) is 0.748. The molecule has 4 heteroatoms. The average Bonchev–Trinajstić information content (AvgIpc) is 2.79. The van der Waals surface area contributed by atoms with Crippen LogP contribution in [-0.4, -0.2) is 30.9 Å². The van der Waals surface area contributed by atoms with Gasteiger partial charge in [0.25, 0.3) is 0 Å². The van der Waals surface area contributed by atoms with Crippen LogP contribution in [0.15, 0.2) is 60.7 Å². The maximum Gasteiger partial charge on any atom is 0.221 e. The van der Waals surface area contributed by atoms with E-state index in [2.05, 4.69) is 76.8 Å². The van der Waals surface area contributed by atoms with Crippen molar-refractivity contribution in [3.63, 3.8) is 0 Å². The molecule has 0 bridgehead atoms. The summed E-state index contributed by atoms with van der Waals surface area (Å²) < 4.78 is 0. The van der Waals surface area contributed by atoms with Crippen molar-refractivity contribution in [2.24, 2.45) is 0 Å². The Kier molecular flexibility index (Phi) is 4.35. The topological polar surface area (TPSA) is 35.6 Å². The standard InChI is InChI=1S/C22H23N3O/c1-16(26)23-20-9-7-19-15-24(2)11-12-25(22(19)14-20)21-10-8-17-5-3-4-6-18(17)13-21/h3-10,13-14H,11-12,15H2,1-2H3,(H,23,26). The minimum absolute atomic E-state index is 0.0482. The van der Waals surface area contributed by atoms with Crippen LogP contribution >= 0.6 is 0 Å². The fourth-order valence-corrected chi connectivity index (χ4v) is 3.60. The molecule has 0 saturated carbocycles. The Balaban J connectivity index is 1.81. The van der Waals surface area contributed by atoms with Crippen LogP contribution in [-0.2, 0) is 11.3 Å². The van der Waals surface area contributed by atoms with E-state index < -0.39 is 0 Å². The van der Waals surface area contributed by atoms with Crippen LogP contribution in [0.2, 0.25) is 0 Å². The summed E-state index contributed by atoms with van der Waals surface area (Å²) in [6.45, 7) is 4.34. The zero-order valence-corrected chi connectivity index (χ0v) is 15.2. The van der Waals surface area contributed by atoms with Gasteiger partial charge in [-0.3, -0.25) is 4.79 Å². The molecule has 1 aliphatic rings. The number of nitrogens with one attached hydrogen (secondary N) is 1. The van der Waals surface area contributed by atoms with E-state index in [-0.39, 0.29) is 5.91 Å². The number of carbonyl (C=O) groups is 1. The molecule has 4 rings (SSSR count). The van der Waals surface area contributed by atoms with Crippen molar-refractivity contribution in [3.8, 4) is 0 Å². The van der Waals surface area contributed by atoms with Gasteiger partial charge in [0.2, 0.25) is 5.91 Å². The molecule has 26 heavy (non-hydrogen) atoms. The zero-order valence-electron chi connectivity index (χ0n) is 15.2. The van der Waals surface area contributed by atoms with Crippen molar-refractivity contribution in [2.75, 3.05) is 30.4 Å². The molecule has 0 fully saturated rings. The predicted molar refractivity (Wildman–Crippen MR) is 108 cm³/mol. The van der Waals surface area contributed by atoms with Crippen molar-refractivity contribution in [1.29, 1.82) is 0 Å². The Hall–Kier alpha value is -2.85. The highest BCUT2D eigenvalue weighted by Crippen LogP contribution is 2.35. The first kappa shape index (κ1) is 16.6. The second-order valence-electron chi connectivity index (χ2n) is 6.95. The number of amides is 1. The van der Waals surface area contributed by atoms with Crippen LogP contribution in [0, 0.1) is 0 Å². The van der Waals surface area contributed by atoms with Gasteiger partial charge in [-0.25, -0.2) is 0 Å². The van der Waals surface area contributed by atoms with Crippen LogP contribution in [0.25, 0.3) is 10.8 Å². The first-order valence-corrected chi connectivity index (χ1v) is 8.95. The Bertz CT molecular complexity index is 967. The molecule has 1 amide bonds.